The van der Waals surface area contributed by atoms with Crippen molar-refractivity contribution in [3.63, 3.8) is 0 Å². The Hall–Kier alpha value is -1.55. The number of anilines is 1. The SMILES string of the molecule is CCC(N)CCc1ccc2c(c1)NC(=O)CCO2. The van der Waals surface area contributed by atoms with Crippen LogP contribution in [-0.2, 0) is 11.2 Å². The molecule has 1 aliphatic rings. The molecule has 1 heterocycles. The van der Waals surface area contributed by atoms with E-state index in [0.717, 1.165) is 30.7 Å². The first-order valence-corrected chi connectivity index (χ1v) is 6.50. The Bertz CT molecular complexity index is 432. The van der Waals surface area contributed by atoms with Gasteiger partial charge >= 0.3 is 0 Å². The van der Waals surface area contributed by atoms with Crippen molar-refractivity contribution < 1.29 is 9.53 Å². The summed E-state index contributed by atoms with van der Waals surface area (Å²) in [7, 11) is 0. The van der Waals surface area contributed by atoms with Crippen LogP contribution >= 0.6 is 0 Å². The highest BCUT2D eigenvalue weighted by molar-refractivity contribution is 5.93. The van der Waals surface area contributed by atoms with Crippen LogP contribution in [0.1, 0.15) is 31.7 Å². The van der Waals surface area contributed by atoms with Gasteiger partial charge in [-0.2, -0.15) is 0 Å². The molecule has 1 unspecified atom stereocenters. The number of aryl methyl sites for hydroxylation is 1. The van der Waals surface area contributed by atoms with Crippen LogP contribution in [0.4, 0.5) is 5.69 Å². The number of fused-ring (bicyclic) bond motifs is 1. The molecule has 2 rings (SSSR count). The van der Waals surface area contributed by atoms with Gasteiger partial charge < -0.3 is 15.8 Å². The molecule has 1 aromatic carbocycles. The second-order valence-corrected chi connectivity index (χ2v) is 4.68. The van der Waals surface area contributed by atoms with Crippen LogP contribution in [0, 0.1) is 0 Å². The first kappa shape index (κ1) is 12.9. The van der Waals surface area contributed by atoms with Crippen molar-refractivity contribution in [3.8, 4) is 5.75 Å². The van der Waals surface area contributed by atoms with Gasteiger partial charge in [0.1, 0.15) is 5.75 Å². The fourth-order valence-electron chi connectivity index (χ4n) is 1.98. The molecule has 4 nitrogen and oxygen atoms in total. The molecular weight excluding hydrogens is 228 g/mol. The van der Waals surface area contributed by atoms with Crippen LogP contribution in [0.5, 0.6) is 5.75 Å². The Morgan fingerprint density at radius 3 is 3.11 bits per heavy atom. The molecule has 0 bridgehead atoms. The van der Waals surface area contributed by atoms with Crippen molar-refractivity contribution in [2.45, 2.75) is 38.6 Å². The molecular formula is C14H20N2O2. The van der Waals surface area contributed by atoms with Crippen molar-refractivity contribution in [1.29, 1.82) is 0 Å². The summed E-state index contributed by atoms with van der Waals surface area (Å²) in [5.74, 6) is 0.764. The molecule has 0 radical (unpaired) electrons. The summed E-state index contributed by atoms with van der Waals surface area (Å²) >= 11 is 0. The third-order valence-corrected chi connectivity index (χ3v) is 3.23. The van der Waals surface area contributed by atoms with E-state index in [1.807, 2.05) is 18.2 Å². The fourth-order valence-corrected chi connectivity index (χ4v) is 1.98. The monoisotopic (exact) mass is 248 g/mol. The van der Waals surface area contributed by atoms with Crippen molar-refractivity contribution in [3.05, 3.63) is 23.8 Å². The Morgan fingerprint density at radius 1 is 1.50 bits per heavy atom. The van der Waals surface area contributed by atoms with Gasteiger partial charge in [-0.15, -0.1) is 0 Å². The van der Waals surface area contributed by atoms with E-state index in [0.29, 0.717) is 13.0 Å². The van der Waals surface area contributed by atoms with E-state index in [-0.39, 0.29) is 11.9 Å². The maximum absolute atomic E-state index is 11.5. The molecule has 0 fully saturated rings. The van der Waals surface area contributed by atoms with Crippen molar-refractivity contribution in [1.82, 2.24) is 0 Å². The summed E-state index contributed by atoms with van der Waals surface area (Å²) in [6.45, 7) is 2.54. The smallest absolute Gasteiger partial charge is 0.227 e. The lowest BCUT2D eigenvalue weighted by Crippen LogP contribution is -2.19. The van der Waals surface area contributed by atoms with E-state index >= 15 is 0 Å². The highest BCUT2D eigenvalue weighted by atomic mass is 16.5. The molecule has 98 valence electrons. The number of hydrogen-bond donors (Lipinski definition) is 2. The molecule has 1 amide bonds. The summed E-state index contributed by atoms with van der Waals surface area (Å²) in [4.78, 5) is 11.5. The number of rotatable bonds is 4. The average molecular weight is 248 g/mol. The number of nitrogens with two attached hydrogens (primary N) is 1. The zero-order valence-corrected chi connectivity index (χ0v) is 10.7. The number of nitrogens with one attached hydrogen (secondary N) is 1. The highest BCUT2D eigenvalue weighted by Gasteiger charge is 2.14. The lowest BCUT2D eigenvalue weighted by atomic mass is 10.0. The van der Waals surface area contributed by atoms with Crippen molar-refractivity contribution in [2.24, 2.45) is 5.73 Å². The van der Waals surface area contributed by atoms with Crippen LogP contribution in [-0.4, -0.2) is 18.6 Å². The fraction of sp³-hybridized carbons (Fsp3) is 0.500. The molecule has 4 heteroatoms. The largest absolute Gasteiger partial charge is 0.491 e. The zero-order chi connectivity index (χ0) is 13.0. The molecule has 1 aliphatic heterocycles. The second kappa shape index (κ2) is 5.87. The number of hydrogen-bond acceptors (Lipinski definition) is 3. The number of benzene rings is 1. The van der Waals surface area contributed by atoms with Gasteiger partial charge in [-0.1, -0.05) is 13.0 Å². The summed E-state index contributed by atoms with van der Waals surface area (Å²) < 4.78 is 5.51. The minimum Gasteiger partial charge on any atom is -0.491 e. The maximum atomic E-state index is 11.5. The van der Waals surface area contributed by atoms with Gasteiger partial charge in [0.25, 0.3) is 0 Å². The normalized spacial score (nSPS) is 16.2. The van der Waals surface area contributed by atoms with E-state index in [1.165, 1.54) is 5.56 Å². The third kappa shape index (κ3) is 3.23. The lowest BCUT2D eigenvalue weighted by molar-refractivity contribution is -0.116. The summed E-state index contributed by atoms with van der Waals surface area (Å²) in [6.07, 6.45) is 3.29. The van der Waals surface area contributed by atoms with Crippen molar-refractivity contribution >= 4 is 11.6 Å². The van der Waals surface area contributed by atoms with Gasteiger partial charge in [0.15, 0.2) is 0 Å². The summed E-state index contributed by atoms with van der Waals surface area (Å²) in [5.41, 5.74) is 7.87. The first-order chi connectivity index (χ1) is 8.69. The van der Waals surface area contributed by atoms with Gasteiger partial charge in [0, 0.05) is 6.04 Å². The van der Waals surface area contributed by atoms with Crippen LogP contribution in [0.15, 0.2) is 18.2 Å². The van der Waals surface area contributed by atoms with Gasteiger partial charge in [0.2, 0.25) is 5.91 Å². The predicted octanol–water partition coefficient (Wildman–Crippen LogP) is 2.08. The molecule has 0 saturated carbocycles. The summed E-state index contributed by atoms with van der Waals surface area (Å²) in [5, 5.41) is 2.87. The van der Waals surface area contributed by atoms with Crippen LogP contribution in [0.25, 0.3) is 0 Å². The maximum Gasteiger partial charge on any atom is 0.227 e. The number of amides is 1. The summed E-state index contributed by atoms with van der Waals surface area (Å²) in [6, 6.07) is 6.20. The quantitative estimate of drug-likeness (QED) is 0.857. The van der Waals surface area contributed by atoms with Gasteiger partial charge in [0.05, 0.1) is 18.7 Å². The molecule has 0 aliphatic carbocycles. The van der Waals surface area contributed by atoms with Gasteiger partial charge in [-0.05, 0) is 37.0 Å². The van der Waals surface area contributed by atoms with E-state index in [1.54, 1.807) is 0 Å². The van der Waals surface area contributed by atoms with E-state index < -0.39 is 0 Å². The van der Waals surface area contributed by atoms with E-state index in [2.05, 4.69) is 12.2 Å². The highest BCUT2D eigenvalue weighted by Crippen LogP contribution is 2.28. The first-order valence-electron chi connectivity index (χ1n) is 6.50. The molecule has 1 aromatic rings. The number of carbonyl (C=O) groups is 1. The Balaban J connectivity index is 2.08. The average Bonchev–Trinajstić information content (AvgIpc) is 2.55. The predicted molar refractivity (Wildman–Crippen MR) is 71.8 cm³/mol. The zero-order valence-electron chi connectivity index (χ0n) is 10.7. The van der Waals surface area contributed by atoms with Crippen LogP contribution in [0.3, 0.4) is 0 Å². The minimum atomic E-state index is 0.0103. The topological polar surface area (TPSA) is 64.3 Å². The Labute approximate surface area is 108 Å². The lowest BCUT2D eigenvalue weighted by Gasteiger charge is -2.11. The molecule has 0 aromatic heterocycles. The number of carbonyl (C=O) groups excluding carboxylic acids is 1. The molecule has 3 N–H and O–H groups in total. The molecule has 0 spiro atoms. The van der Waals surface area contributed by atoms with Crippen molar-refractivity contribution in [2.75, 3.05) is 11.9 Å². The Kier molecular flexibility index (Phi) is 4.20. The molecule has 0 saturated heterocycles. The number of ether oxygens (including phenoxy) is 1. The standard InChI is InChI=1S/C14H20N2O2/c1-2-11(15)5-3-10-4-6-13-12(9-10)16-14(17)7-8-18-13/h4,6,9,11H,2-3,5,7-8,15H2,1H3,(H,16,17). The van der Waals surface area contributed by atoms with Crippen LogP contribution < -0.4 is 15.8 Å². The second-order valence-electron chi connectivity index (χ2n) is 4.68. The third-order valence-electron chi connectivity index (χ3n) is 3.23. The van der Waals surface area contributed by atoms with Crippen LogP contribution in [0.2, 0.25) is 0 Å². The van der Waals surface area contributed by atoms with E-state index in [4.69, 9.17) is 10.5 Å². The minimum absolute atomic E-state index is 0.0103. The molecule has 18 heavy (non-hydrogen) atoms. The van der Waals surface area contributed by atoms with Gasteiger partial charge in [-0.3, -0.25) is 4.79 Å². The molecule has 1 atom stereocenters. The van der Waals surface area contributed by atoms with Gasteiger partial charge in [-0.25, -0.2) is 0 Å². The van der Waals surface area contributed by atoms with E-state index in [9.17, 15) is 4.79 Å². The Morgan fingerprint density at radius 2 is 2.33 bits per heavy atom.